The molecule has 1 aliphatic rings. The van der Waals surface area contributed by atoms with E-state index in [2.05, 4.69) is 97.1 Å². The summed E-state index contributed by atoms with van der Waals surface area (Å²) in [5.41, 5.74) is 10.1. The third kappa shape index (κ3) is 5.30. The van der Waals surface area contributed by atoms with Crippen LogP contribution in [0.3, 0.4) is 0 Å². The molecule has 10 rings (SSSR count). The molecule has 5 heteroatoms. The summed E-state index contributed by atoms with van der Waals surface area (Å²) in [5, 5.41) is 6.33. The number of allylic oxidation sites excluding steroid dienone is 1. The molecule has 240 valence electrons. The monoisotopic (exact) mass is 670 g/mol. The molecule has 0 amide bonds. The topological polar surface area (TPSA) is 51.6 Å². The molecule has 0 spiro atoms. The van der Waals surface area contributed by atoms with Crippen molar-refractivity contribution >= 4 is 49.2 Å². The van der Waals surface area contributed by atoms with Gasteiger partial charge in [0.15, 0.2) is 17.5 Å². The Balaban J connectivity index is 1.03. The Hall–Kier alpha value is -6.30. The molecule has 0 N–H and O–H groups in total. The SMILES string of the molecule is C1=Cc2c(c3cc(-c4cccc(-c5nc6ccc(-c7nc(-c8ccccc8)nc(-c8ccccc8)n7)cc6s5)c4)ccc3c3ccccc23)CC1. The van der Waals surface area contributed by atoms with Crippen LogP contribution in [-0.2, 0) is 6.42 Å². The Morgan fingerprint density at radius 3 is 1.80 bits per heavy atom. The van der Waals surface area contributed by atoms with Gasteiger partial charge in [-0.05, 0) is 87.0 Å². The van der Waals surface area contributed by atoms with Gasteiger partial charge in [0.25, 0.3) is 0 Å². The van der Waals surface area contributed by atoms with Crippen LogP contribution in [-0.4, -0.2) is 19.9 Å². The van der Waals surface area contributed by atoms with Gasteiger partial charge in [-0.1, -0.05) is 127 Å². The van der Waals surface area contributed by atoms with Crippen molar-refractivity contribution in [2.24, 2.45) is 0 Å². The smallest absolute Gasteiger partial charge is 0.164 e. The number of hydrogen-bond acceptors (Lipinski definition) is 5. The van der Waals surface area contributed by atoms with Crippen molar-refractivity contribution in [3.63, 3.8) is 0 Å². The van der Waals surface area contributed by atoms with E-state index in [1.54, 1.807) is 11.3 Å². The summed E-state index contributed by atoms with van der Waals surface area (Å²) < 4.78 is 1.09. The van der Waals surface area contributed by atoms with E-state index in [1.807, 2.05) is 60.7 Å². The van der Waals surface area contributed by atoms with Gasteiger partial charge < -0.3 is 0 Å². The molecule has 0 saturated carbocycles. The second kappa shape index (κ2) is 12.2. The number of nitrogens with zero attached hydrogens (tertiary/aromatic N) is 4. The maximum absolute atomic E-state index is 5.08. The quantitative estimate of drug-likeness (QED) is 0.171. The largest absolute Gasteiger partial charge is 0.236 e. The summed E-state index contributed by atoms with van der Waals surface area (Å²) in [7, 11) is 0. The molecule has 2 aromatic heterocycles. The summed E-state index contributed by atoms with van der Waals surface area (Å²) in [4.78, 5) is 19.8. The molecule has 0 atom stereocenters. The lowest BCUT2D eigenvalue weighted by atomic mass is 9.85. The molecule has 4 nitrogen and oxygen atoms in total. The Labute approximate surface area is 299 Å². The average Bonchev–Trinajstić information content (AvgIpc) is 3.65. The predicted molar refractivity (Wildman–Crippen MR) is 213 cm³/mol. The molecular formula is C46H30N4S. The Morgan fingerprint density at radius 2 is 1.04 bits per heavy atom. The number of hydrogen-bond donors (Lipinski definition) is 0. The van der Waals surface area contributed by atoms with Crippen LogP contribution < -0.4 is 0 Å². The van der Waals surface area contributed by atoms with Gasteiger partial charge in [-0.3, -0.25) is 0 Å². The fraction of sp³-hybridized carbons (Fsp3) is 0.0435. The summed E-state index contributed by atoms with van der Waals surface area (Å²) in [6.07, 6.45) is 6.77. The standard InChI is InChI=1S/C46H30N4S/c1-3-12-29(13-4-1)43-48-44(30-14-5-2-6-15-30)50-45(49-43)33-23-25-41-42(28-33)51-46(47-41)34-17-11-16-31(26-34)32-22-24-39-37-20-8-7-18-35(37)36-19-9-10-21-38(36)40(39)27-32/h1-9,11-20,22-28H,10,21H2. The fourth-order valence-electron chi connectivity index (χ4n) is 7.31. The molecule has 0 radical (unpaired) electrons. The first kappa shape index (κ1) is 29.6. The first-order valence-corrected chi connectivity index (χ1v) is 18.1. The van der Waals surface area contributed by atoms with E-state index in [0.717, 1.165) is 50.3 Å². The zero-order valence-electron chi connectivity index (χ0n) is 27.6. The first-order valence-electron chi connectivity index (χ1n) is 17.3. The highest BCUT2D eigenvalue weighted by atomic mass is 32.1. The average molecular weight is 671 g/mol. The van der Waals surface area contributed by atoms with Crippen LogP contribution in [0.2, 0.25) is 0 Å². The van der Waals surface area contributed by atoms with Crippen molar-refractivity contribution in [2.75, 3.05) is 0 Å². The third-order valence-electron chi connectivity index (χ3n) is 9.81. The molecule has 0 unspecified atom stereocenters. The Morgan fingerprint density at radius 1 is 0.431 bits per heavy atom. The summed E-state index contributed by atoms with van der Waals surface area (Å²) in [6, 6.07) is 51.0. The maximum Gasteiger partial charge on any atom is 0.164 e. The first-order chi connectivity index (χ1) is 25.2. The number of thiazole rings is 1. The van der Waals surface area contributed by atoms with E-state index < -0.39 is 0 Å². The van der Waals surface area contributed by atoms with Gasteiger partial charge in [0.1, 0.15) is 5.01 Å². The van der Waals surface area contributed by atoms with Crippen molar-refractivity contribution < 1.29 is 0 Å². The molecule has 0 fully saturated rings. The molecule has 7 aromatic carbocycles. The summed E-state index contributed by atoms with van der Waals surface area (Å²) in [5.74, 6) is 1.95. The van der Waals surface area contributed by atoms with Gasteiger partial charge in [0.05, 0.1) is 10.2 Å². The van der Waals surface area contributed by atoms with Gasteiger partial charge in [-0.25, -0.2) is 19.9 Å². The third-order valence-corrected chi connectivity index (χ3v) is 10.9. The normalized spacial score (nSPS) is 12.5. The van der Waals surface area contributed by atoms with Gasteiger partial charge in [-0.15, -0.1) is 11.3 Å². The van der Waals surface area contributed by atoms with Gasteiger partial charge in [0, 0.05) is 22.3 Å². The van der Waals surface area contributed by atoms with Crippen molar-refractivity contribution in [3.05, 3.63) is 163 Å². The van der Waals surface area contributed by atoms with Crippen LogP contribution >= 0.6 is 11.3 Å². The fourth-order valence-corrected chi connectivity index (χ4v) is 8.32. The summed E-state index contributed by atoms with van der Waals surface area (Å²) in [6.45, 7) is 0. The number of fused-ring (bicyclic) bond motifs is 7. The number of benzene rings is 7. The zero-order chi connectivity index (χ0) is 33.7. The van der Waals surface area contributed by atoms with E-state index in [-0.39, 0.29) is 0 Å². The molecule has 9 aromatic rings. The number of rotatable bonds is 5. The maximum atomic E-state index is 5.08. The number of aryl methyl sites for hydroxylation is 1. The molecule has 51 heavy (non-hydrogen) atoms. The van der Waals surface area contributed by atoms with E-state index in [0.29, 0.717) is 17.5 Å². The van der Waals surface area contributed by atoms with Crippen molar-refractivity contribution in [3.8, 4) is 55.9 Å². The van der Waals surface area contributed by atoms with Crippen molar-refractivity contribution in [1.82, 2.24) is 19.9 Å². The van der Waals surface area contributed by atoms with Crippen LogP contribution in [0.15, 0.2) is 152 Å². The van der Waals surface area contributed by atoms with Gasteiger partial charge in [0.2, 0.25) is 0 Å². The van der Waals surface area contributed by atoms with E-state index in [9.17, 15) is 0 Å². The second-order valence-corrected chi connectivity index (χ2v) is 14.0. The second-order valence-electron chi connectivity index (χ2n) is 13.0. The molecular weight excluding hydrogens is 641 g/mol. The number of aromatic nitrogens is 4. The van der Waals surface area contributed by atoms with Crippen LogP contribution in [0.1, 0.15) is 17.5 Å². The van der Waals surface area contributed by atoms with Gasteiger partial charge in [-0.2, -0.15) is 0 Å². The highest BCUT2D eigenvalue weighted by molar-refractivity contribution is 7.21. The molecule has 0 saturated heterocycles. The van der Waals surface area contributed by atoms with Crippen molar-refractivity contribution in [2.45, 2.75) is 12.8 Å². The van der Waals surface area contributed by atoms with E-state index in [4.69, 9.17) is 19.9 Å². The van der Waals surface area contributed by atoms with Crippen molar-refractivity contribution in [1.29, 1.82) is 0 Å². The minimum absolute atomic E-state index is 0.642. The van der Waals surface area contributed by atoms with Crippen LogP contribution in [0, 0.1) is 0 Å². The minimum atomic E-state index is 0.642. The van der Waals surface area contributed by atoms with E-state index >= 15 is 0 Å². The Kier molecular flexibility index (Phi) is 7.10. The molecule has 1 aliphatic carbocycles. The zero-order valence-corrected chi connectivity index (χ0v) is 28.4. The molecule has 2 heterocycles. The highest BCUT2D eigenvalue weighted by Crippen LogP contribution is 2.40. The lowest BCUT2D eigenvalue weighted by Gasteiger charge is -2.18. The molecule has 0 aliphatic heterocycles. The predicted octanol–water partition coefficient (Wildman–Crippen LogP) is 12.1. The Bertz CT molecular complexity index is 2740. The molecule has 0 bridgehead atoms. The van der Waals surface area contributed by atoms with Crippen LogP contribution in [0.4, 0.5) is 0 Å². The van der Waals surface area contributed by atoms with E-state index in [1.165, 1.54) is 43.8 Å². The van der Waals surface area contributed by atoms with Crippen LogP contribution in [0.25, 0.3) is 93.7 Å². The highest BCUT2D eigenvalue weighted by Gasteiger charge is 2.17. The lowest BCUT2D eigenvalue weighted by Crippen LogP contribution is -1.99. The summed E-state index contributed by atoms with van der Waals surface area (Å²) >= 11 is 1.70. The van der Waals surface area contributed by atoms with Crippen LogP contribution in [0.5, 0.6) is 0 Å². The lowest BCUT2D eigenvalue weighted by molar-refractivity contribution is 1.00. The minimum Gasteiger partial charge on any atom is -0.236 e. The van der Waals surface area contributed by atoms with Gasteiger partial charge >= 0.3 is 0 Å².